The molecule has 0 radical (unpaired) electrons. The van der Waals surface area contributed by atoms with Gasteiger partial charge in [0.1, 0.15) is 6.54 Å². The zero-order chi connectivity index (χ0) is 11.5. The molecule has 3 N–H and O–H groups in total. The second-order valence-corrected chi connectivity index (χ2v) is 3.42. The summed E-state index contributed by atoms with van der Waals surface area (Å²) >= 11 is 0. The minimum absolute atomic E-state index is 0.332. The van der Waals surface area contributed by atoms with Crippen LogP contribution in [-0.4, -0.2) is 30.2 Å². The lowest BCUT2D eigenvalue weighted by Crippen LogP contribution is -2.38. The lowest BCUT2D eigenvalue weighted by molar-refractivity contribution is -0.135. The summed E-state index contributed by atoms with van der Waals surface area (Å²) in [5.41, 5.74) is 0. The van der Waals surface area contributed by atoms with E-state index in [1.807, 2.05) is 0 Å². The first-order valence-electron chi connectivity index (χ1n) is 5.40. The number of aliphatic carboxylic acids is 1. The standard InChI is InChI=1S/C10H20N2O3/c1-2-3-4-5-6-7-11-10(15)12-8-9(13)14/h2-8H2,1H3,(H,13,14)(H2,11,12,15). The third-order valence-corrected chi connectivity index (χ3v) is 1.97. The molecule has 0 spiro atoms. The highest BCUT2D eigenvalue weighted by Gasteiger charge is 2.01. The normalized spacial score (nSPS) is 9.67. The maximum Gasteiger partial charge on any atom is 0.323 e. The molecule has 0 rings (SSSR count). The molecule has 0 aliphatic carbocycles. The van der Waals surface area contributed by atoms with Gasteiger partial charge in [0.2, 0.25) is 0 Å². The van der Waals surface area contributed by atoms with Crippen LogP contribution < -0.4 is 10.6 Å². The number of amides is 2. The SMILES string of the molecule is CCCCCCCNC(=O)NCC(=O)O. The van der Waals surface area contributed by atoms with Gasteiger partial charge in [-0.3, -0.25) is 4.79 Å². The molecule has 0 aromatic rings. The Morgan fingerprint density at radius 1 is 1.07 bits per heavy atom. The predicted molar refractivity (Wildman–Crippen MR) is 57.8 cm³/mol. The molecule has 0 saturated carbocycles. The van der Waals surface area contributed by atoms with Gasteiger partial charge in [-0.1, -0.05) is 32.6 Å². The molecule has 0 atom stereocenters. The van der Waals surface area contributed by atoms with Gasteiger partial charge < -0.3 is 15.7 Å². The number of hydrogen-bond donors (Lipinski definition) is 3. The van der Waals surface area contributed by atoms with E-state index >= 15 is 0 Å². The topological polar surface area (TPSA) is 78.4 Å². The number of carboxylic acid groups (broad SMARTS) is 1. The van der Waals surface area contributed by atoms with Crippen molar-refractivity contribution >= 4 is 12.0 Å². The maximum absolute atomic E-state index is 11.0. The van der Waals surface area contributed by atoms with Crippen molar-refractivity contribution in [2.45, 2.75) is 39.0 Å². The Hall–Kier alpha value is -1.26. The van der Waals surface area contributed by atoms with E-state index in [0.717, 1.165) is 12.8 Å². The largest absolute Gasteiger partial charge is 0.480 e. The first-order chi connectivity index (χ1) is 7.16. The van der Waals surface area contributed by atoms with E-state index in [4.69, 9.17) is 5.11 Å². The van der Waals surface area contributed by atoms with Crippen molar-refractivity contribution in [2.24, 2.45) is 0 Å². The molecule has 0 heterocycles. The zero-order valence-corrected chi connectivity index (χ0v) is 9.21. The van der Waals surface area contributed by atoms with E-state index in [1.54, 1.807) is 0 Å². The van der Waals surface area contributed by atoms with Gasteiger partial charge in [0, 0.05) is 6.54 Å². The van der Waals surface area contributed by atoms with Gasteiger partial charge in [-0.15, -0.1) is 0 Å². The predicted octanol–water partition coefficient (Wildman–Crippen LogP) is 1.34. The molecule has 0 aliphatic heterocycles. The first-order valence-corrected chi connectivity index (χ1v) is 5.40. The Morgan fingerprint density at radius 3 is 2.33 bits per heavy atom. The van der Waals surface area contributed by atoms with Crippen LogP contribution in [0.25, 0.3) is 0 Å². The smallest absolute Gasteiger partial charge is 0.323 e. The van der Waals surface area contributed by atoms with Crippen LogP contribution >= 0.6 is 0 Å². The number of rotatable bonds is 8. The second-order valence-electron chi connectivity index (χ2n) is 3.42. The van der Waals surface area contributed by atoms with Crippen LogP contribution in [0.15, 0.2) is 0 Å². The molecular formula is C10H20N2O3. The van der Waals surface area contributed by atoms with E-state index in [2.05, 4.69) is 17.6 Å². The fourth-order valence-corrected chi connectivity index (χ4v) is 1.15. The quantitative estimate of drug-likeness (QED) is 0.536. The Kier molecular flexibility index (Phi) is 8.52. The molecule has 0 unspecified atom stereocenters. The summed E-state index contributed by atoms with van der Waals surface area (Å²) in [5, 5.41) is 13.1. The lowest BCUT2D eigenvalue weighted by atomic mass is 10.1. The van der Waals surface area contributed by atoms with Crippen molar-refractivity contribution in [3.05, 3.63) is 0 Å². The van der Waals surface area contributed by atoms with Crippen LogP contribution in [-0.2, 0) is 4.79 Å². The van der Waals surface area contributed by atoms with Gasteiger partial charge in [-0.2, -0.15) is 0 Å². The Labute approximate surface area is 90.2 Å². The van der Waals surface area contributed by atoms with Crippen LogP contribution in [0.2, 0.25) is 0 Å². The number of unbranched alkanes of at least 4 members (excludes halogenated alkanes) is 4. The van der Waals surface area contributed by atoms with Gasteiger partial charge in [0.05, 0.1) is 0 Å². The Bertz CT molecular complexity index is 195. The summed E-state index contributed by atoms with van der Waals surface area (Å²) < 4.78 is 0. The van der Waals surface area contributed by atoms with E-state index in [1.165, 1.54) is 19.3 Å². The van der Waals surface area contributed by atoms with Crippen LogP contribution in [0.4, 0.5) is 4.79 Å². The number of carbonyl (C=O) groups is 2. The van der Waals surface area contributed by atoms with E-state index < -0.39 is 12.0 Å². The third kappa shape index (κ3) is 10.7. The average molecular weight is 216 g/mol. The van der Waals surface area contributed by atoms with Gasteiger partial charge in [0.25, 0.3) is 0 Å². The Morgan fingerprint density at radius 2 is 1.73 bits per heavy atom. The van der Waals surface area contributed by atoms with E-state index in [0.29, 0.717) is 6.54 Å². The van der Waals surface area contributed by atoms with Gasteiger partial charge >= 0.3 is 12.0 Å². The molecule has 15 heavy (non-hydrogen) atoms. The summed E-state index contributed by atoms with van der Waals surface area (Å²) in [6, 6.07) is -0.409. The molecule has 0 fully saturated rings. The number of carbonyl (C=O) groups excluding carboxylic acids is 1. The fraction of sp³-hybridized carbons (Fsp3) is 0.800. The van der Waals surface area contributed by atoms with Crippen LogP contribution in [0, 0.1) is 0 Å². The molecule has 5 nitrogen and oxygen atoms in total. The monoisotopic (exact) mass is 216 g/mol. The first kappa shape index (κ1) is 13.7. The molecular weight excluding hydrogens is 196 g/mol. The number of urea groups is 1. The lowest BCUT2D eigenvalue weighted by Gasteiger charge is -2.05. The third-order valence-electron chi connectivity index (χ3n) is 1.97. The van der Waals surface area contributed by atoms with Crippen molar-refractivity contribution in [3.63, 3.8) is 0 Å². The van der Waals surface area contributed by atoms with Crippen molar-refractivity contribution in [1.82, 2.24) is 10.6 Å². The summed E-state index contributed by atoms with van der Waals surface area (Å²) in [4.78, 5) is 21.1. The Balaban J connectivity index is 3.20. The molecule has 0 saturated heterocycles. The zero-order valence-electron chi connectivity index (χ0n) is 9.21. The van der Waals surface area contributed by atoms with Crippen LogP contribution in [0.3, 0.4) is 0 Å². The minimum atomic E-state index is -1.03. The van der Waals surface area contributed by atoms with Crippen LogP contribution in [0.1, 0.15) is 39.0 Å². The van der Waals surface area contributed by atoms with Crippen LogP contribution in [0.5, 0.6) is 0 Å². The maximum atomic E-state index is 11.0. The summed E-state index contributed by atoms with van der Waals surface area (Å²) in [6.45, 7) is 2.43. The van der Waals surface area contributed by atoms with Crippen molar-refractivity contribution in [1.29, 1.82) is 0 Å². The highest BCUT2D eigenvalue weighted by atomic mass is 16.4. The molecule has 0 bridgehead atoms. The molecule has 88 valence electrons. The number of hydrogen-bond acceptors (Lipinski definition) is 2. The van der Waals surface area contributed by atoms with E-state index in [9.17, 15) is 9.59 Å². The highest BCUT2D eigenvalue weighted by Crippen LogP contribution is 2.00. The summed E-state index contributed by atoms with van der Waals surface area (Å²) in [5.74, 6) is -1.03. The van der Waals surface area contributed by atoms with Gasteiger partial charge in [-0.25, -0.2) is 4.79 Å². The molecule has 2 amide bonds. The highest BCUT2D eigenvalue weighted by molar-refractivity contribution is 5.79. The number of carboxylic acids is 1. The fourth-order valence-electron chi connectivity index (χ4n) is 1.15. The summed E-state index contributed by atoms with van der Waals surface area (Å²) in [7, 11) is 0. The number of nitrogens with one attached hydrogen (secondary N) is 2. The average Bonchev–Trinajstić information content (AvgIpc) is 2.20. The summed E-state index contributed by atoms with van der Waals surface area (Å²) in [6.07, 6.45) is 5.67. The molecule has 0 aromatic heterocycles. The van der Waals surface area contributed by atoms with Crippen molar-refractivity contribution in [2.75, 3.05) is 13.1 Å². The molecule has 0 aliphatic rings. The van der Waals surface area contributed by atoms with Gasteiger partial charge in [-0.05, 0) is 6.42 Å². The van der Waals surface area contributed by atoms with Gasteiger partial charge in [0.15, 0.2) is 0 Å². The molecule has 5 heteroatoms. The van der Waals surface area contributed by atoms with E-state index in [-0.39, 0.29) is 6.54 Å². The van der Waals surface area contributed by atoms with Crippen molar-refractivity contribution in [3.8, 4) is 0 Å². The second kappa shape index (κ2) is 9.30. The molecule has 0 aromatic carbocycles. The minimum Gasteiger partial charge on any atom is -0.480 e. The van der Waals surface area contributed by atoms with Crippen molar-refractivity contribution < 1.29 is 14.7 Å².